The molecule has 0 aliphatic carbocycles. The highest BCUT2D eigenvalue weighted by Crippen LogP contribution is 2.20. The summed E-state index contributed by atoms with van der Waals surface area (Å²) in [5.74, 6) is 1.08. The van der Waals surface area contributed by atoms with Crippen LogP contribution < -0.4 is 10.2 Å². The third-order valence-corrected chi connectivity index (χ3v) is 5.23. The molecule has 2 saturated heterocycles. The molecule has 1 N–H and O–H groups in total. The molecule has 2 aliphatic rings. The average Bonchev–Trinajstić information content (AvgIpc) is 3.20. The van der Waals surface area contributed by atoms with Gasteiger partial charge in [0.15, 0.2) is 0 Å². The van der Waals surface area contributed by atoms with Gasteiger partial charge in [-0.05, 0) is 43.4 Å². The zero-order valence-corrected chi connectivity index (χ0v) is 15.8. The number of nitrogens with one attached hydrogen (secondary N) is 1. The molecule has 2 fully saturated rings. The molecule has 3 heterocycles. The molecule has 0 atom stereocenters. The lowest BCUT2D eigenvalue weighted by Gasteiger charge is -2.33. The van der Waals surface area contributed by atoms with Crippen LogP contribution in [0.25, 0.3) is 0 Å². The molecule has 26 heavy (non-hydrogen) atoms. The van der Waals surface area contributed by atoms with E-state index in [0.29, 0.717) is 19.6 Å². The molecule has 3 amide bonds. The van der Waals surface area contributed by atoms with Crippen LogP contribution in [0.15, 0.2) is 18.3 Å². The number of pyridine rings is 1. The van der Waals surface area contributed by atoms with Crippen molar-refractivity contribution in [3.05, 3.63) is 23.9 Å². The first kappa shape index (κ1) is 18.5. The number of carbonyl (C=O) groups excluding carboxylic acids is 2. The minimum atomic E-state index is -0.0129. The standard InChI is InChI=1S/C19H29N5O2/c1-22(2)19(26)24-11-6-16(7-12-24)18(25)21-14-15-5-8-20-17(13-15)23-9-3-4-10-23/h5,8,13,16H,3-4,6-7,9-12,14H2,1-2H3,(H,21,25). The Kier molecular flexibility index (Phi) is 5.96. The Morgan fingerprint density at radius 3 is 2.54 bits per heavy atom. The Labute approximate surface area is 155 Å². The highest BCUT2D eigenvalue weighted by molar-refractivity contribution is 5.79. The fourth-order valence-electron chi connectivity index (χ4n) is 3.64. The van der Waals surface area contributed by atoms with E-state index in [1.54, 1.807) is 19.0 Å². The van der Waals surface area contributed by atoms with Crippen molar-refractivity contribution < 1.29 is 9.59 Å². The highest BCUT2D eigenvalue weighted by atomic mass is 16.2. The maximum absolute atomic E-state index is 12.5. The number of hydrogen-bond acceptors (Lipinski definition) is 4. The van der Waals surface area contributed by atoms with E-state index in [-0.39, 0.29) is 17.9 Å². The smallest absolute Gasteiger partial charge is 0.319 e. The Morgan fingerprint density at radius 2 is 1.88 bits per heavy atom. The lowest BCUT2D eigenvalue weighted by atomic mass is 9.96. The van der Waals surface area contributed by atoms with Gasteiger partial charge in [0.25, 0.3) is 0 Å². The summed E-state index contributed by atoms with van der Waals surface area (Å²) in [4.78, 5) is 34.6. The molecule has 2 aliphatic heterocycles. The molecule has 1 aromatic heterocycles. The first-order valence-corrected chi connectivity index (χ1v) is 9.48. The predicted octanol–water partition coefficient (Wildman–Crippen LogP) is 1.69. The zero-order valence-electron chi connectivity index (χ0n) is 15.8. The van der Waals surface area contributed by atoms with E-state index >= 15 is 0 Å². The molecule has 3 rings (SSSR count). The van der Waals surface area contributed by atoms with Gasteiger partial charge in [-0.25, -0.2) is 9.78 Å². The highest BCUT2D eigenvalue weighted by Gasteiger charge is 2.27. The summed E-state index contributed by atoms with van der Waals surface area (Å²) in [6.45, 7) is 3.94. The molecule has 0 spiro atoms. The molecule has 0 bridgehead atoms. The third kappa shape index (κ3) is 4.45. The van der Waals surface area contributed by atoms with Gasteiger partial charge in [-0.15, -0.1) is 0 Å². The number of urea groups is 1. The summed E-state index contributed by atoms with van der Waals surface area (Å²) < 4.78 is 0. The molecule has 7 nitrogen and oxygen atoms in total. The number of likely N-dealkylation sites (tertiary alicyclic amines) is 1. The number of anilines is 1. The molecule has 0 aromatic carbocycles. The number of amides is 3. The summed E-state index contributed by atoms with van der Waals surface area (Å²) in [5, 5.41) is 3.05. The van der Waals surface area contributed by atoms with Crippen molar-refractivity contribution in [1.29, 1.82) is 0 Å². The molecule has 142 valence electrons. The van der Waals surface area contributed by atoms with E-state index in [0.717, 1.165) is 37.3 Å². The number of aromatic nitrogens is 1. The molecule has 7 heteroatoms. The van der Waals surface area contributed by atoms with Gasteiger partial charge in [0.05, 0.1) is 0 Å². The predicted molar refractivity (Wildman–Crippen MR) is 101 cm³/mol. The summed E-state index contributed by atoms with van der Waals surface area (Å²) >= 11 is 0. The second-order valence-electron chi connectivity index (χ2n) is 7.37. The Hall–Kier alpha value is -2.31. The van der Waals surface area contributed by atoms with Gasteiger partial charge in [0.1, 0.15) is 5.82 Å². The lowest BCUT2D eigenvalue weighted by molar-refractivity contribution is -0.126. The van der Waals surface area contributed by atoms with Crippen molar-refractivity contribution in [1.82, 2.24) is 20.1 Å². The maximum atomic E-state index is 12.5. The van der Waals surface area contributed by atoms with Crippen molar-refractivity contribution in [3.8, 4) is 0 Å². The van der Waals surface area contributed by atoms with Crippen molar-refractivity contribution in [2.24, 2.45) is 5.92 Å². The van der Waals surface area contributed by atoms with Crippen molar-refractivity contribution in [2.75, 3.05) is 45.2 Å². The second kappa shape index (κ2) is 8.38. The minimum absolute atomic E-state index is 0.0129. The molecule has 0 radical (unpaired) electrons. The monoisotopic (exact) mass is 359 g/mol. The normalized spacial score (nSPS) is 18.1. The Morgan fingerprint density at radius 1 is 1.19 bits per heavy atom. The van der Waals surface area contributed by atoms with Crippen molar-refractivity contribution >= 4 is 17.8 Å². The van der Waals surface area contributed by atoms with Crippen LogP contribution in [0.2, 0.25) is 0 Å². The summed E-state index contributed by atoms with van der Waals surface area (Å²) in [7, 11) is 3.51. The van der Waals surface area contributed by atoms with E-state index in [2.05, 4.69) is 21.3 Å². The Balaban J connectivity index is 1.47. The van der Waals surface area contributed by atoms with Crippen LogP contribution in [0, 0.1) is 5.92 Å². The fraction of sp³-hybridized carbons (Fsp3) is 0.632. The van der Waals surface area contributed by atoms with E-state index in [4.69, 9.17) is 0 Å². The first-order chi connectivity index (χ1) is 12.5. The zero-order chi connectivity index (χ0) is 18.5. The summed E-state index contributed by atoms with van der Waals surface area (Å²) in [6, 6.07) is 4.05. The molecule has 0 unspecified atom stereocenters. The number of rotatable bonds is 4. The largest absolute Gasteiger partial charge is 0.357 e. The number of piperidine rings is 1. The van der Waals surface area contributed by atoms with E-state index in [9.17, 15) is 9.59 Å². The third-order valence-electron chi connectivity index (χ3n) is 5.23. The Bertz CT molecular complexity index is 635. The first-order valence-electron chi connectivity index (χ1n) is 9.48. The SMILES string of the molecule is CN(C)C(=O)N1CCC(C(=O)NCc2ccnc(N3CCCC3)c2)CC1. The van der Waals surface area contributed by atoms with Gasteiger partial charge in [-0.2, -0.15) is 0 Å². The molecular formula is C19H29N5O2. The number of carbonyl (C=O) groups is 2. The van der Waals surface area contributed by atoms with Crippen LogP contribution in [-0.4, -0.2) is 67.0 Å². The summed E-state index contributed by atoms with van der Waals surface area (Å²) in [6.07, 6.45) is 5.71. The molecular weight excluding hydrogens is 330 g/mol. The molecule has 1 aromatic rings. The van der Waals surface area contributed by atoms with Gasteiger partial charge in [-0.3, -0.25) is 4.79 Å². The fourth-order valence-corrected chi connectivity index (χ4v) is 3.64. The van der Waals surface area contributed by atoms with Crippen molar-refractivity contribution in [3.63, 3.8) is 0 Å². The van der Waals surface area contributed by atoms with Gasteiger partial charge < -0.3 is 20.0 Å². The average molecular weight is 359 g/mol. The van der Waals surface area contributed by atoms with Crippen molar-refractivity contribution in [2.45, 2.75) is 32.2 Å². The van der Waals surface area contributed by atoms with Crippen LogP contribution in [0.1, 0.15) is 31.2 Å². The van der Waals surface area contributed by atoms with Gasteiger partial charge >= 0.3 is 6.03 Å². The van der Waals surface area contributed by atoms with E-state index < -0.39 is 0 Å². The van der Waals surface area contributed by atoms with Crippen LogP contribution in [0.5, 0.6) is 0 Å². The van der Waals surface area contributed by atoms with Crippen LogP contribution in [-0.2, 0) is 11.3 Å². The summed E-state index contributed by atoms with van der Waals surface area (Å²) in [5.41, 5.74) is 1.08. The minimum Gasteiger partial charge on any atom is -0.357 e. The van der Waals surface area contributed by atoms with Gasteiger partial charge in [-0.1, -0.05) is 0 Å². The topological polar surface area (TPSA) is 68.8 Å². The maximum Gasteiger partial charge on any atom is 0.319 e. The van der Waals surface area contributed by atoms with Gasteiger partial charge in [0.2, 0.25) is 5.91 Å². The van der Waals surface area contributed by atoms with Crippen LogP contribution in [0.3, 0.4) is 0 Å². The van der Waals surface area contributed by atoms with Gasteiger partial charge in [0, 0.05) is 58.9 Å². The van der Waals surface area contributed by atoms with E-state index in [1.807, 2.05) is 17.2 Å². The van der Waals surface area contributed by atoms with Crippen LogP contribution in [0.4, 0.5) is 10.6 Å². The number of hydrogen-bond donors (Lipinski definition) is 1. The lowest BCUT2D eigenvalue weighted by Crippen LogP contribution is -2.46. The number of nitrogens with zero attached hydrogens (tertiary/aromatic N) is 4. The molecule has 0 saturated carbocycles. The van der Waals surface area contributed by atoms with Crippen LogP contribution >= 0.6 is 0 Å². The van der Waals surface area contributed by atoms with E-state index in [1.165, 1.54) is 12.8 Å². The second-order valence-corrected chi connectivity index (χ2v) is 7.37. The quantitative estimate of drug-likeness (QED) is 0.888.